The number of nitriles is 1. The lowest BCUT2D eigenvalue weighted by Gasteiger charge is -2.27. The average Bonchev–Trinajstić information content (AvgIpc) is 2.96. The highest BCUT2D eigenvalue weighted by atomic mass is 19.4. The van der Waals surface area contributed by atoms with Crippen LogP contribution in [0.4, 0.5) is 23.7 Å². The van der Waals surface area contributed by atoms with Crippen LogP contribution in [0.15, 0.2) is 42.6 Å². The van der Waals surface area contributed by atoms with E-state index in [9.17, 15) is 27.6 Å². The fraction of sp³-hybridized carbons (Fsp3) is 0.227. The van der Waals surface area contributed by atoms with Crippen LogP contribution in [-0.4, -0.2) is 38.5 Å². The minimum absolute atomic E-state index is 0.0228. The van der Waals surface area contributed by atoms with Crippen LogP contribution in [0, 0.1) is 11.3 Å². The zero-order chi connectivity index (χ0) is 25.3. The maximum absolute atomic E-state index is 13.3. The van der Waals surface area contributed by atoms with Gasteiger partial charge in [0.05, 0.1) is 17.4 Å². The molecule has 1 fully saturated rings. The van der Waals surface area contributed by atoms with E-state index in [0.717, 1.165) is 12.3 Å². The molecule has 1 saturated heterocycles. The second-order valence-corrected chi connectivity index (χ2v) is 7.82. The summed E-state index contributed by atoms with van der Waals surface area (Å²) in [7, 11) is 0. The quantitative estimate of drug-likeness (QED) is 0.297. The van der Waals surface area contributed by atoms with Crippen LogP contribution in [0.3, 0.4) is 0 Å². The van der Waals surface area contributed by atoms with Crippen molar-refractivity contribution in [3.05, 3.63) is 65.0 Å². The molecule has 4 amide bonds. The number of pyridine rings is 1. The molecule has 1 aliphatic rings. The first-order valence-electron chi connectivity index (χ1n) is 9.74. The molecular weight excluding hydrogens is 455 g/mol. The molecule has 2 N–H and O–H groups in total. The summed E-state index contributed by atoms with van der Waals surface area (Å²) < 4.78 is 40.0. The van der Waals surface area contributed by atoms with Crippen molar-refractivity contribution in [1.29, 1.82) is 5.26 Å². The summed E-state index contributed by atoms with van der Waals surface area (Å²) in [6.45, 7) is 2.92. The number of anilines is 1. The third-order valence-electron chi connectivity index (χ3n) is 5.22. The Hall–Kier alpha value is -4.24. The number of hydrogen-bond acceptors (Lipinski definition) is 6. The Morgan fingerprint density at radius 1 is 1.26 bits per heavy atom. The van der Waals surface area contributed by atoms with Crippen molar-refractivity contribution >= 4 is 29.6 Å². The van der Waals surface area contributed by atoms with E-state index in [1.54, 1.807) is 24.3 Å². The third kappa shape index (κ3) is 4.60. The number of amides is 4. The predicted octanol–water partition coefficient (Wildman–Crippen LogP) is 3.24. The number of hydroxylamine groups is 1. The van der Waals surface area contributed by atoms with E-state index in [1.807, 2.05) is 0 Å². The Bertz CT molecular complexity index is 1220. The predicted molar refractivity (Wildman–Crippen MR) is 112 cm³/mol. The van der Waals surface area contributed by atoms with E-state index in [-0.39, 0.29) is 12.2 Å². The van der Waals surface area contributed by atoms with Crippen molar-refractivity contribution in [2.75, 3.05) is 4.90 Å². The van der Waals surface area contributed by atoms with Crippen LogP contribution in [0.1, 0.15) is 36.2 Å². The van der Waals surface area contributed by atoms with E-state index in [4.69, 9.17) is 10.5 Å². The van der Waals surface area contributed by atoms with Crippen LogP contribution in [-0.2, 0) is 22.3 Å². The molecule has 0 spiro atoms. The van der Waals surface area contributed by atoms with Crippen molar-refractivity contribution < 1.29 is 32.8 Å². The Balaban J connectivity index is 1.89. The highest BCUT2D eigenvalue weighted by Crippen LogP contribution is 2.37. The van der Waals surface area contributed by atoms with Gasteiger partial charge in [0.25, 0.3) is 11.8 Å². The largest absolute Gasteiger partial charge is 0.419 e. The van der Waals surface area contributed by atoms with Crippen molar-refractivity contribution in [3.63, 3.8) is 0 Å². The molecule has 1 aromatic heterocycles. The standard InChI is InChI=1S/C22H18F3N5O4/c1-21(2)19(32)30(15-9-16(22(23,24)25)17(10-26)27-11-15)20(33)29(21)12-14-5-3-13(4-6-14)7-8-18(31)28-34/h3-9,11,34H,12H2,1-2H3,(H,28,31)/b8-7+. The second-order valence-electron chi connectivity index (χ2n) is 7.82. The number of benzene rings is 1. The maximum Gasteiger partial charge on any atom is 0.419 e. The van der Waals surface area contributed by atoms with E-state index in [1.165, 1.54) is 36.4 Å². The van der Waals surface area contributed by atoms with Crippen LogP contribution in [0.2, 0.25) is 0 Å². The lowest BCUT2D eigenvalue weighted by Crippen LogP contribution is -2.43. The summed E-state index contributed by atoms with van der Waals surface area (Å²) in [6.07, 6.45) is -1.46. The van der Waals surface area contributed by atoms with E-state index < -0.39 is 40.8 Å². The summed E-state index contributed by atoms with van der Waals surface area (Å²) in [4.78, 5) is 42.5. The number of carbonyl (C=O) groups excluding carboxylic acids is 3. The van der Waals surface area contributed by atoms with Gasteiger partial charge in [-0.05, 0) is 37.1 Å². The Morgan fingerprint density at radius 3 is 2.47 bits per heavy atom. The smallest absolute Gasteiger partial charge is 0.305 e. The lowest BCUT2D eigenvalue weighted by atomic mass is 10.0. The van der Waals surface area contributed by atoms with Gasteiger partial charge in [-0.15, -0.1) is 0 Å². The fourth-order valence-corrected chi connectivity index (χ4v) is 3.34. The minimum atomic E-state index is -4.90. The van der Waals surface area contributed by atoms with Gasteiger partial charge in [-0.25, -0.2) is 20.2 Å². The van der Waals surface area contributed by atoms with Crippen LogP contribution >= 0.6 is 0 Å². The molecule has 0 unspecified atom stereocenters. The van der Waals surface area contributed by atoms with Crippen molar-refractivity contribution in [3.8, 4) is 6.07 Å². The number of halogens is 3. The second kappa shape index (κ2) is 8.95. The average molecular weight is 473 g/mol. The van der Waals surface area contributed by atoms with Crippen molar-refractivity contribution in [2.45, 2.75) is 32.1 Å². The van der Waals surface area contributed by atoms with Crippen LogP contribution < -0.4 is 10.4 Å². The molecule has 0 aliphatic carbocycles. The molecule has 0 bridgehead atoms. The van der Waals surface area contributed by atoms with Gasteiger partial charge in [0.15, 0.2) is 5.69 Å². The van der Waals surface area contributed by atoms with Crippen LogP contribution in [0.5, 0.6) is 0 Å². The van der Waals surface area contributed by atoms with Gasteiger partial charge in [-0.1, -0.05) is 24.3 Å². The van der Waals surface area contributed by atoms with Gasteiger partial charge in [0.2, 0.25) is 0 Å². The van der Waals surface area contributed by atoms with Gasteiger partial charge in [0.1, 0.15) is 11.6 Å². The summed E-state index contributed by atoms with van der Waals surface area (Å²) in [6, 6.07) is 7.67. The number of urea groups is 1. The number of alkyl halides is 3. The number of hydrogen-bond donors (Lipinski definition) is 2. The van der Waals surface area contributed by atoms with E-state index in [0.29, 0.717) is 22.1 Å². The first-order chi connectivity index (χ1) is 15.9. The molecule has 1 aromatic carbocycles. The number of carbonyl (C=O) groups is 3. The normalized spacial score (nSPS) is 15.7. The molecule has 34 heavy (non-hydrogen) atoms. The first kappa shape index (κ1) is 24.4. The Labute approximate surface area is 191 Å². The van der Waals surface area contributed by atoms with Gasteiger partial charge in [-0.2, -0.15) is 18.4 Å². The Morgan fingerprint density at radius 2 is 1.91 bits per heavy atom. The molecule has 12 heteroatoms. The molecule has 2 aromatic rings. The summed E-state index contributed by atoms with van der Waals surface area (Å²) >= 11 is 0. The summed E-state index contributed by atoms with van der Waals surface area (Å²) in [5.74, 6) is -1.45. The maximum atomic E-state index is 13.3. The number of rotatable bonds is 5. The highest BCUT2D eigenvalue weighted by Gasteiger charge is 2.52. The zero-order valence-electron chi connectivity index (χ0n) is 17.9. The molecule has 0 saturated carbocycles. The number of imide groups is 1. The fourth-order valence-electron chi connectivity index (χ4n) is 3.34. The van der Waals surface area contributed by atoms with E-state index >= 15 is 0 Å². The minimum Gasteiger partial charge on any atom is -0.305 e. The molecule has 0 atom stereocenters. The lowest BCUT2D eigenvalue weighted by molar-refractivity contribution is -0.138. The van der Waals surface area contributed by atoms with Gasteiger partial charge < -0.3 is 4.90 Å². The first-order valence-corrected chi connectivity index (χ1v) is 9.74. The number of aromatic nitrogens is 1. The van der Waals surface area contributed by atoms with Gasteiger partial charge in [-0.3, -0.25) is 14.8 Å². The molecule has 9 nitrogen and oxygen atoms in total. The summed E-state index contributed by atoms with van der Waals surface area (Å²) in [5.41, 5.74) is -1.27. The molecule has 1 aliphatic heterocycles. The monoisotopic (exact) mass is 473 g/mol. The van der Waals surface area contributed by atoms with Crippen molar-refractivity contribution in [2.24, 2.45) is 0 Å². The van der Waals surface area contributed by atoms with Crippen LogP contribution in [0.25, 0.3) is 6.08 Å². The third-order valence-corrected chi connectivity index (χ3v) is 5.22. The van der Waals surface area contributed by atoms with Gasteiger partial charge in [0, 0.05) is 12.6 Å². The van der Waals surface area contributed by atoms with Crippen molar-refractivity contribution in [1.82, 2.24) is 15.4 Å². The number of nitrogens with zero attached hydrogens (tertiary/aromatic N) is 4. The molecule has 176 valence electrons. The molecule has 2 heterocycles. The highest BCUT2D eigenvalue weighted by molar-refractivity contribution is 6.22. The molecule has 0 radical (unpaired) electrons. The SMILES string of the molecule is CC1(C)C(=O)N(c2cnc(C#N)c(C(F)(F)F)c2)C(=O)N1Cc1ccc(/C=C/C(=O)NO)cc1. The van der Waals surface area contributed by atoms with E-state index in [2.05, 4.69) is 4.98 Å². The Kier molecular flexibility index (Phi) is 6.42. The summed E-state index contributed by atoms with van der Waals surface area (Å²) in [5, 5.41) is 17.4. The molecular formula is C22H18F3N5O4. The topological polar surface area (TPSA) is 127 Å². The number of nitrogens with one attached hydrogen (secondary N) is 1. The molecule has 3 rings (SSSR count). The van der Waals surface area contributed by atoms with Gasteiger partial charge >= 0.3 is 12.2 Å². The zero-order valence-corrected chi connectivity index (χ0v) is 17.9.